The number of anilines is 2. The number of benzene rings is 2. The molecule has 0 bridgehead atoms. The van der Waals surface area contributed by atoms with Crippen molar-refractivity contribution in [1.29, 1.82) is 0 Å². The summed E-state index contributed by atoms with van der Waals surface area (Å²) in [5.74, 6) is -1.59. The zero-order valence-electron chi connectivity index (χ0n) is 18.4. The summed E-state index contributed by atoms with van der Waals surface area (Å²) in [6.07, 6.45) is 2.66. The molecule has 9 nitrogen and oxygen atoms in total. The molecule has 1 amide bonds. The summed E-state index contributed by atoms with van der Waals surface area (Å²) in [4.78, 5) is 53.0. The van der Waals surface area contributed by atoms with Crippen molar-refractivity contribution in [3.05, 3.63) is 97.7 Å². The van der Waals surface area contributed by atoms with Crippen molar-refractivity contribution >= 4 is 41.1 Å². The smallest absolute Gasteiger partial charge is 0.331 e. The van der Waals surface area contributed by atoms with E-state index >= 15 is 0 Å². The number of aromatic amines is 1. The third-order valence-electron chi connectivity index (χ3n) is 4.88. The van der Waals surface area contributed by atoms with Gasteiger partial charge in [0.2, 0.25) is 0 Å². The lowest BCUT2D eigenvalue weighted by Crippen LogP contribution is -2.42. The maximum atomic E-state index is 12.8. The van der Waals surface area contributed by atoms with Crippen molar-refractivity contribution in [2.24, 2.45) is 0 Å². The van der Waals surface area contributed by atoms with Crippen molar-refractivity contribution in [2.45, 2.75) is 13.5 Å². The Morgan fingerprint density at radius 2 is 1.88 bits per heavy atom. The Bertz CT molecular complexity index is 1330. The van der Waals surface area contributed by atoms with Crippen molar-refractivity contribution in [3.63, 3.8) is 0 Å². The first-order valence-electron chi connectivity index (χ1n) is 10.4. The van der Waals surface area contributed by atoms with Crippen LogP contribution in [-0.2, 0) is 20.9 Å². The van der Waals surface area contributed by atoms with Crippen LogP contribution in [0.1, 0.15) is 18.1 Å². The molecule has 2 aromatic carbocycles. The van der Waals surface area contributed by atoms with E-state index in [1.165, 1.54) is 10.6 Å². The van der Waals surface area contributed by atoms with E-state index in [1.54, 1.807) is 55.5 Å². The Balaban J connectivity index is 1.76. The molecule has 0 atom stereocenters. The monoisotopic (exact) mass is 482 g/mol. The summed E-state index contributed by atoms with van der Waals surface area (Å²) in [6, 6.07) is 15.9. The molecule has 3 N–H and O–H groups in total. The predicted octanol–water partition coefficient (Wildman–Crippen LogP) is 2.43. The molecule has 34 heavy (non-hydrogen) atoms. The van der Waals surface area contributed by atoms with Crippen LogP contribution in [0.25, 0.3) is 6.08 Å². The van der Waals surface area contributed by atoms with Gasteiger partial charge in [0.05, 0.1) is 6.54 Å². The molecule has 10 heteroatoms. The second-order valence-electron chi connectivity index (χ2n) is 7.20. The summed E-state index contributed by atoms with van der Waals surface area (Å²) in [5.41, 5.74) is 5.92. The Labute approximate surface area is 200 Å². The molecule has 0 saturated carbocycles. The molecule has 0 spiro atoms. The summed E-state index contributed by atoms with van der Waals surface area (Å²) in [7, 11) is 0. The third-order valence-corrected chi connectivity index (χ3v) is 5.12. The fourth-order valence-corrected chi connectivity index (χ4v) is 3.45. The number of hydrogen-bond acceptors (Lipinski definition) is 6. The zero-order chi connectivity index (χ0) is 24.7. The van der Waals surface area contributed by atoms with Gasteiger partial charge >= 0.3 is 11.7 Å². The van der Waals surface area contributed by atoms with Crippen molar-refractivity contribution in [2.75, 3.05) is 23.8 Å². The molecule has 0 aliphatic carbocycles. The topological polar surface area (TPSA) is 127 Å². The molecule has 3 aromatic rings. The molecule has 1 heterocycles. The van der Waals surface area contributed by atoms with Crippen molar-refractivity contribution < 1.29 is 14.3 Å². The fraction of sp³-hybridized carbons (Fsp3) is 0.167. The predicted molar refractivity (Wildman–Crippen MR) is 131 cm³/mol. The minimum atomic E-state index is -0.811. The number of carbonyl (C=O) groups excluding carboxylic acids is 2. The number of ether oxygens (including phenoxy) is 1. The molecule has 0 radical (unpaired) electrons. The number of esters is 1. The zero-order valence-corrected chi connectivity index (χ0v) is 19.1. The fourth-order valence-electron chi connectivity index (χ4n) is 3.25. The van der Waals surface area contributed by atoms with E-state index in [2.05, 4.69) is 4.98 Å². The lowest BCUT2D eigenvalue weighted by atomic mass is 10.2. The number of nitrogen functional groups attached to an aromatic ring is 1. The van der Waals surface area contributed by atoms with Crippen LogP contribution in [0.5, 0.6) is 0 Å². The Hall–Kier alpha value is -4.11. The average Bonchev–Trinajstić information content (AvgIpc) is 2.82. The molecule has 0 fully saturated rings. The first-order chi connectivity index (χ1) is 16.3. The van der Waals surface area contributed by atoms with Crippen LogP contribution < -0.4 is 21.9 Å². The van der Waals surface area contributed by atoms with Crippen LogP contribution in [0.15, 0.2) is 70.3 Å². The second kappa shape index (κ2) is 11.2. The van der Waals surface area contributed by atoms with Crippen LogP contribution in [0.3, 0.4) is 0 Å². The molecule has 3 rings (SSSR count). The maximum Gasteiger partial charge on any atom is 0.331 e. The number of likely N-dealkylation sites (N-methyl/N-ethyl adjacent to an activating group) is 1. The number of amides is 1. The molecule has 0 saturated heterocycles. The number of nitrogens with one attached hydrogen (secondary N) is 1. The van der Waals surface area contributed by atoms with Crippen LogP contribution >= 0.6 is 11.6 Å². The van der Waals surface area contributed by atoms with Gasteiger partial charge in [0.25, 0.3) is 11.5 Å². The number of hydrogen-bond donors (Lipinski definition) is 2. The maximum absolute atomic E-state index is 12.8. The summed E-state index contributed by atoms with van der Waals surface area (Å²) in [6.45, 7) is 1.17. The lowest BCUT2D eigenvalue weighted by molar-refractivity contribution is -0.142. The van der Waals surface area contributed by atoms with Gasteiger partial charge in [0, 0.05) is 17.6 Å². The van der Waals surface area contributed by atoms with Crippen LogP contribution in [0, 0.1) is 0 Å². The number of aromatic nitrogens is 2. The molecular formula is C24H23ClN4O5. The average molecular weight is 483 g/mol. The standard InChI is InChI=1S/C24H23ClN4O5/c1-2-28(19(30)15-34-20(31)12-11-16-9-6-10-18(25)13-16)21-22(26)29(24(33)27-23(21)32)14-17-7-4-3-5-8-17/h3-13H,2,14-15,26H2,1H3,(H,27,32,33). The Morgan fingerprint density at radius 3 is 2.56 bits per heavy atom. The van der Waals surface area contributed by atoms with E-state index in [4.69, 9.17) is 22.1 Å². The minimum Gasteiger partial charge on any atom is -0.452 e. The lowest BCUT2D eigenvalue weighted by Gasteiger charge is -2.23. The highest BCUT2D eigenvalue weighted by Crippen LogP contribution is 2.18. The highest BCUT2D eigenvalue weighted by Gasteiger charge is 2.23. The quantitative estimate of drug-likeness (QED) is 0.375. The Morgan fingerprint density at radius 1 is 1.15 bits per heavy atom. The Kier molecular flexibility index (Phi) is 8.05. The van der Waals surface area contributed by atoms with E-state index in [-0.39, 0.29) is 24.6 Å². The third kappa shape index (κ3) is 6.02. The van der Waals surface area contributed by atoms with Crippen LogP contribution in [0.2, 0.25) is 5.02 Å². The summed E-state index contributed by atoms with van der Waals surface area (Å²) < 4.78 is 6.19. The van der Waals surface area contributed by atoms with E-state index in [0.29, 0.717) is 10.6 Å². The SMILES string of the molecule is CCN(C(=O)COC(=O)C=Cc1cccc(Cl)c1)c1c(N)n(Cc2ccccc2)c(=O)[nH]c1=O. The van der Waals surface area contributed by atoms with Gasteiger partial charge in [-0.05, 0) is 36.3 Å². The first kappa shape index (κ1) is 24.5. The molecular weight excluding hydrogens is 460 g/mol. The molecule has 1 aromatic heterocycles. The number of halogens is 1. The number of nitrogens with two attached hydrogens (primary N) is 1. The normalized spacial score (nSPS) is 10.9. The van der Waals surface area contributed by atoms with Gasteiger partial charge in [-0.15, -0.1) is 0 Å². The largest absolute Gasteiger partial charge is 0.452 e. The summed E-state index contributed by atoms with van der Waals surface area (Å²) >= 11 is 5.90. The minimum absolute atomic E-state index is 0.0611. The molecule has 0 aliphatic heterocycles. The first-order valence-corrected chi connectivity index (χ1v) is 10.7. The highest BCUT2D eigenvalue weighted by molar-refractivity contribution is 6.30. The molecule has 0 unspecified atom stereocenters. The number of rotatable bonds is 8. The van der Waals surface area contributed by atoms with Gasteiger partial charge in [0.1, 0.15) is 5.82 Å². The van der Waals surface area contributed by atoms with Gasteiger partial charge in [-0.1, -0.05) is 54.1 Å². The van der Waals surface area contributed by atoms with E-state index in [0.717, 1.165) is 16.5 Å². The van der Waals surface area contributed by atoms with E-state index in [1.807, 2.05) is 6.07 Å². The van der Waals surface area contributed by atoms with Crippen LogP contribution in [0.4, 0.5) is 11.5 Å². The highest BCUT2D eigenvalue weighted by atomic mass is 35.5. The van der Waals surface area contributed by atoms with Gasteiger partial charge in [-0.2, -0.15) is 0 Å². The summed E-state index contributed by atoms with van der Waals surface area (Å²) in [5, 5.41) is 0.515. The number of H-pyrrole nitrogens is 1. The van der Waals surface area contributed by atoms with E-state index < -0.39 is 29.7 Å². The molecule has 0 aliphatic rings. The second-order valence-corrected chi connectivity index (χ2v) is 7.64. The number of carbonyl (C=O) groups is 2. The van der Waals surface area contributed by atoms with Gasteiger partial charge in [-0.25, -0.2) is 9.59 Å². The van der Waals surface area contributed by atoms with E-state index in [9.17, 15) is 19.2 Å². The van der Waals surface area contributed by atoms with Crippen molar-refractivity contribution in [1.82, 2.24) is 9.55 Å². The number of nitrogens with zero attached hydrogens (tertiary/aromatic N) is 2. The van der Waals surface area contributed by atoms with Crippen molar-refractivity contribution in [3.8, 4) is 0 Å². The van der Waals surface area contributed by atoms with Gasteiger partial charge in [-0.3, -0.25) is 19.1 Å². The van der Waals surface area contributed by atoms with Crippen LogP contribution in [-0.4, -0.2) is 34.6 Å². The van der Waals surface area contributed by atoms with Gasteiger partial charge < -0.3 is 15.4 Å². The van der Waals surface area contributed by atoms with Gasteiger partial charge in [0.15, 0.2) is 12.3 Å². The molecule has 176 valence electrons.